The molecule has 1 aliphatic heterocycles. The van der Waals surface area contributed by atoms with Gasteiger partial charge in [0.1, 0.15) is 5.82 Å². The van der Waals surface area contributed by atoms with Gasteiger partial charge in [-0.25, -0.2) is 4.98 Å². The largest absolute Gasteiger partial charge is 0.340 e. The van der Waals surface area contributed by atoms with Crippen molar-refractivity contribution in [2.24, 2.45) is 0 Å². The van der Waals surface area contributed by atoms with Gasteiger partial charge in [0.05, 0.1) is 6.04 Å². The maximum atomic E-state index is 13.1. The zero-order chi connectivity index (χ0) is 18.5. The molecule has 0 radical (unpaired) electrons. The number of likely N-dealkylation sites (tertiary alicyclic amines) is 1. The Hall–Kier alpha value is -3.14. The van der Waals surface area contributed by atoms with Gasteiger partial charge in [0, 0.05) is 29.6 Å². The van der Waals surface area contributed by atoms with Crippen LogP contribution >= 0.6 is 0 Å². The predicted octanol–water partition coefficient (Wildman–Crippen LogP) is 5.19. The summed E-state index contributed by atoms with van der Waals surface area (Å²) in [6, 6.07) is 23.6. The number of hydrogen-bond acceptors (Lipinski definition) is 3. The van der Waals surface area contributed by atoms with Crippen LogP contribution in [0.3, 0.4) is 0 Å². The maximum absolute atomic E-state index is 13.1. The number of carbonyl (C=O) groups excluding carboxylic acids is 1. The molecule has 1 saturated heterocycles. The molecule has 0 spiro atoms. The minimum Gasteiger partial charge on any atom is -0.340 e. The van der Waals surface area contributed by atoms with Crippen LogP contribution in [-0.4, -0.2) is 22.3 Å². The zero-order valence-electron chi connectivity index (χ0n) is 15.2. The van der Waals surface area contributed by atoms with Gasteiger partial charge in [-0.1, -0.05) is 42.5 Å². The summed E-state index contributed by atoms with van der Waals surface area (Å²) in [7, 11) is 0. The number of pyridine rings is 1. The van der Waals surface area contributed by atoms with Crippen molar-refractivity contribution in [3.63, 3.8) is 0 Å². The van der Waals surface area contributed by atoms with Gasteiger partial charge in [-0.05, 0) is 49.6 Å². The van der Waals surface area contributed by atoms with E-state index >= 15 is 0 Å². The average molecular weight is 357 g/mol. The van der Waals surface area contributed by atoms with Gasteiger partial charge >= 0.3 is 0 Å². The molecule has 0 saturated carbocycles. The fourth-order valence-corrected chi connectivity index (χ4v) is 3.69. The Bertz CT molecular complexity index is 896. The Morgan fingerprint density at radius 3 is 2.44 bits per heavy atom. The number of rotatable bonds is 4. The number of nitrogens with zero attached hydrogens (tertiary/aromatic N) is 2. The number of carbonyl (C=O) groups is 1. The molecular formula is C23H23N3O. The van der Waals surface area contributed by atoms with Crippen molar-refractivity contribution < 1.29 is 4.79 Å². The van der Waals surface area contributed by atoms with Crippen LogP contribution in [0.15, 0.2) is 79.0 Å². The molecule has 0 bridgehead atoms. The number of hydrogen-bond donors (Lipinski definition) is 1. The van der Waals surface area contributed by atoms with E-state index in [0.717, 1.165) is 48.4 Å². The molecule has 4 heteroatoms. The minimum atomic E-state index is 0.0337. The number of piperidine rings is 1. The lowest BCUT2D eigenvalue weighted by Gasteiger charge is -2.36. The summed E-state index contributed by atoms with van der Waals surface area (Å²) in [4.78, 5) is 19.7. The molecule has 1 amide bonds. The SMILES string of the molecule is O=C(c1ccccc1)N1CCCCC1c1cccnc1Nc1ccccc1. The fourth-order valence-electron chi connectivity index (χ4n) is 3.69. The van der Waals surface area contributed by atoms with Gasteiger partial charge in [0.25, 0.3) is 5.91 Å². The first-order valence-electron chi connectivity index (χ1n) is 9.46. The Morgan fingerprint density at radius 2 is 1.67 bits per heavy atom. The summed E-state index contributed by atoms with van der Waals surface area (Å²) in [5.74, 6) is 0.913. The second kappa shape index (κ2) is 8.04. The molecule has 1 unspecified atom stereocenters. The molecule has 4 nitrogen and oxygen atoms in total. The van der Waals surface area contributed by atoms with Crippen LogP contribution in [0.5, 0.6) is 0 Å². The summed E-state index contributed by atoms with van der Waals surface area (Å²) in [6.07, 6.45) is 4.90. The summed E-state index contributed by atoms with van der Waals surface area (Å²) in [5, 5.41) is 3.42. The van der Waals surface area contributed by atoms with Crippen molar-refractivity contribution in [3.05, 3.63) is 90.1 Å². The van der Waals surface area contributed by atoms with Gasteiger partial charge in [0.15, 0.2) is 0 Å². The third-order valence-corrected chi connectivity index (χ3v) is 5.02. The number of amides is 1. The Balaban J connectivity index is 1.65. The smallest absolute Gasteiger partial charge is 0.254 e. The summed E-state index contributed by atoms with van der Waals surface area (Å²) < 4.78 is 0. The standard InChI is InChI=1S/C23H23N3O/c27-23(18-10-3-1-4-11-18)26-17-8-7-15-21(26)20-14-9-16-24-22(20)25-19-12-5-2-6-13-19/h1-6,9-14,16,21H,7-8,15,17H2,(H,24,25). The van der Waals surface area contributed by atoms with Crippen molar-refractivity contribution >= 4 is 17.4 Å². The lowest BCUT2D eigenvalue weighted by Crippen LogP contribution is -2.38. The van der Waals surface area contributed by atoms with Crippen LogP contribution in [0.25, 0.3) is 0 Å². The highest BCUT2D eigenvalue weighted by Crippen LogP contribution is 2.36. The average Bonchev–Trinajstić information content (AvgIpc) is 2.75. The van der Waals surface area contributed by atoms with Gasteiger partial charge in [-0.3, -0.25) is 4.79 Å². The molecule has 1 atom stereocenters. The van der Waals surface area contributed by atoms with Gasteiger partial charge < -0.3 is 10.2 Å². The molecule has 1 fully saturated rings. The molecule has 1 N–H and O–H groups in total. The Morgan fingerprint density at radius 1 is 0.926 bits per heavy atom. The van der Waals surface area contributed by atoms with E-state index in [0.29, 0.717) is 0 Å². The van der Waals surface area contributed by atoms with Crippen LogP contribution in [0.1, 0.15) is 41.2 Å². The van der Waals surface area contributed by atoms with Crippen LogP contribution < -0.4 is 5.32 Å². The Labute approximate surface area is 159 Å². The van der Waals surface area contributed by atoms with Gasteiger partial charge in [-0.15, -0.1) is 0 Å². The molecule has 27 heavy (non-hydrogen) atoms. The normalized spacial score (nSPS) is 16.7. The number of nitrogens with one attached hydrogen (secondary N) is 1. The second-order valence-corrected chi connectivity index (χ2v) is 6.81. The summed E-state index contributed by atoms with van der Waals surface area (Å²) >= 11 is 0. The monoisotopic (exact) mass is 357 g/mol. The zero-order valence-corrected chi connectivity index (χ0v) is 15.2. The lowest BCUT2D eigenvalue weighted by atomic mass is 9.94. The summed E-state index contributed by atoms with van der Waals surface area (Å²) in [5.41, 5.74) is 2.81. The topological polar surface area (TPSA) is 45.2 Å². The van der Waals surface area contributed by atoms with Gasteiger partial charge in [0.2, 0.25) is 0 Å². The first kappa shape index (κ1) is 17.3. The predicted molar refractivity (Wildman–Crippen MR) is 108 cm³/mol. The lowest BCUT2D eigenvalue weighted by molar-refractivity contribution is 0.0612. The molecular weight excluding hydrogens is 334 g/mol. The van der Waals surface area contributed by atoms with E-state index in [2.05, 4.69) is 16.4 Å². The van der Waals surface area contributed by atoms with E-state index in [1.165, 1.54) is 0 Å². The minimum absolute atomic E-state index is 0.0337. The molecule has 1 aliphatic rings. The third kappa shape index (κ3) is 3.85. The maximum Gasteiger partial charge on any atom is 0.254 e. The first-order chi connectivity index (χ1) is 13.3. The van der Waals surface area contributed by atoms with Crippen molar-refractivity contribution in [1.29, 1.82) is 0 Å². The quantitative estimate of drug-likeness (QED) is 0.699. The van der Waals surface area contributed by atoms with Crippen LogP contribution in [0.2, 0.25) is 0 Å². The number of benzene rings is 2. The van der Waals surface area contributed by atoms with Crippen LogP contribution in [0, 0.1) is 0 Å². The van der Waals surface area contributed by atoms with E-state index in [9.17, 15) is 4.79 Å². The molecule has 1 aromatic heterocycles. The van der Waals surface area contributed by atoms with Gasteiger partial charge in [-0.2, -0.15) is 0 Å². The summed E-state index contributed by atoms with van der Waals surface area (Å²) in [6.45, 7) is 0.776. The number of anilines is 2. The highest BCUT2D eigenvalue weighted by molar-refractivity contribution is 5.94. The Kier molecular flexibility index (Phi) is 5.15. The number of para-hydroxylation sites is 1. The van der Waals surface area contributed by atoms with Crippen LogP contribution in [-0.2, 0) is 0 Å². The highest BCUT2D eigenvalue weighted by atomic mass is 16.2. The van der Waals surface area contributed by atoms with Crippen molar-refractivity contribution in [2.45, 2.75) is 25.3 Å². The molecule has 4 rings (SSSR count). The van der Waals surface area contributed by atoms with Crippen LogP contribution in [0.4, 0.5) is 11.5 Å². The molecule has 2 aromatic carbocycles. The van der Waals surface area contributed by atoms with E-state index in [1.54, 1.807) is 6.20 Å². The van der Waals surface area contributed by atoms with E-state index in [-0.39, 0.29) is 11.9 Å². The first-order valence-corrected chi connectivity index (χ1v) is 9.46. The second-order valence-electron chi connectivity index (χ2n) is 6.81. The van der Waals surface area contributed by atoms with Crippen molar-refractivity contribution in [3.8, 4) is 0 Å². The molecule has 2 heterocycles. The van der Waals surface area contributed by atoms with E-state index in [4.69, 9.17) is 0 Å². The molecule has 136 valence electrons. The molecule has 3 aromatic rings. The number of aromatic nitrogens is 1. The van der Waals surface area contributed by atoms with Crippen molar-refractivity contribution in [1.82, 2.24) is 9.88 Å². The fraction of sp³-hybridized carbons (Fsp3) is 0.217. The third-order valence-electron chi connectivity index (χ3n) is 5.02. The van der Waals surface area contributed by atoms with Crippen molar-refractivity contribution in [2.75, 3.05) is 11.9 Å². The van der Waals surface area contributed by atoms with E-state index < -0.39 is 0 Å². The van der Waals surface area contributed by atoms with E-state index in [1.807, 2.05) is 71.6 Å². The molecule has 0 aliphatic carbocycles. The highest BCUT2D eigenvalue weighted by Gasteiger charge is 2.30.